The molecule has 0 radical (unpaired) electrons. The van der Waals surface area contributed by atoms with Crippen LogP contribution in [0.2, 0.25) is 0 Å². The molecule has 0 aromatic heterocycles. The van der Waals surface area contributed by atoms with Crippen LogP contribution >= 0.6 is 0 Å². The molecule has 100 valence electrons. The minimum Gasteiger partial charge on any atom is -0.344 e. The van der Waals surface area contributed by atoms with Gasteiger partial charge in [-0.2, -0.15) is 0 Å². The first-order valence-corrected chi connectivity index (χ1v) is 7.03. The summed E-state index contributed by atoms with van der Waals surface area (Å²) in [5.41, 5.74) is 0. The zero-order chi connectivity index (χ0) is 12.7. The van der Waals surface area contributed by atoms with Crippen molar-refractivity contribution in [1.82, 2.24) is 10.2 Å². The summed E-state index contributed by atoms with van der Waals surface area (Å²) in [5, 5.41) is 3.08. The fraction of sp³-hybridized carbons (Fsp3) is 0.929. The molecule has 0 aromatic rings. The van der Waals surface area contributed by atoms with Crippen molar-refractivity contribution < 1.29 is 4.79 Å². The van der Waals surface area contributed by atoms with Gasteiger partial charge < -0.3 is 10.2 Å². The zero-order valence-electron chi connectivity index (χ0n) is 11.7. The van der Waals surface area contributed by atoms with Crippen LogP contribution < -0.4 is 5.32 Å². The molecular weight excluding hydrogens is 212 g/mol. The third-order valence-electron chi connectivity index (χ3n) is 4.07. The van der Waals surface area contributed by atoms with E-state index in [9.17, 15) is 4.79 Å². The monoisotopic (exact) mass is 240 g/mol. The Morgan fingerprint density at radius 2 is 2.00 bits per heavy atom. The maximum atomic E-state index is 12.0. The molecule has 1 unspecified atom stereocenters. The number of carbonyl (C=O) groups excluding carboxylic acids is 1. The van der Waals surface area contributed by atoms with Crippen molar-refractivity contribution in [3.63, 3.8) is 0 Å². The maximum Gasteiger partial charge on any atom is 0.222 e. The standard InChI is InChI=1S/C14H28N2O/c1-12(13-7-5-4-6-8-13)11-14(17)16(3)10-9-15-2/h12-13,15H,4-11H2,1-3H3. The lowest BCUT2D eigenvalue weighted by Crippen LogP contribution is -2.34. The number of hydrogen-bond acceptors (Lipinski definition) is 2. The lowest BCUT2D eigenvalue weighted by Gasteiger charge is -2.28. The summed E-state index contributed by atoms with van der Waals surface area (Å²) in [5.74, 6) is 1.64. The molecule has 1 rings (SSSR count). The van der Waals surface area contributed by atoms with Gasteiger partial charge in [-0.1, -0.05) is 39.0 Å². The van der Waals surface area contributed by atoms with Crippen LogP contribution in [0.15, 0.2) is 0 Å². The highest BCUT2D eigenvalue weighted by Gasteiger charge is 2.23. The van der Waals surface area contributed by atoms with Gasteiger partial charge in [0.15, 0.2) is 0 Å². The van der Waals surface area contributed by atoms with Crippen LogP contribution in [0.25, 0.3) is 0 Å². The van der Waals surface area contributed by atoms with Gasteiger partial charge in [0.05, 0.1) is 0 Å². The molecule has 0 bridgehead atoms. The van der Waals surface area contributed by atoms with Crippen LogP contribution in [0.4, 0.5) is 0 Å². The molecule has 0 heterocycles. The van der Waals surface area contributed by atoms with Crippen molar-refractivity contribution in [3.8, 4) is 0 Å². The first-order valence-electron chi connectivity index (χ1n) is 7.03. The first kappa shape index (κ1) is 14.5. The Labute approximate surface area is 106 Å². The normalized spacial score (nSPS) is 19.0. The smallest absolute Gasteiger partial charge is 0.222 e. The second-order valence-electron chi connectivity index (χ2n) is 5.50. The van der Waals surface area contributed by atoms with E-state index in [0.29, 0.717) is 11.8 Å². The van der Waals surface area contributed by atoms with Gasteiger partial charge in [0.1, 0.15) is 0 Å². The van der Waals surface area contributed by atoms with E-state index >= 15 is 0 Å². The molecule has 1 amide bonds. The van der Waals surface area contributed by atoms with E-state index in [1.165, 1.54) is 32.1 Å². The quantitative estimate of drug-likeness (QED) is 0.772. The van der Waals surface area contributed by atoms with Crippen LogP contribution in [0.3, 0.4) is 0 Å². The van der Waals surface area contributed by atoms with Crippen molar-refractivity contribution in [3.05, 3.63) is 0 Å². The summed E-state index contributed by atoms with van der Waals surface area (Å²) in [6, 6.07) is 0. The predicted octanol–water partition coefficient (Wildman–Crippen LogP) is 2.27. The fourth-order valence-corrected chi connectivity index (χ4v) is 2.71. The molecule has 1 N–H and O–H groups in total. The van der Waals surface area contributed by atoms with Gasteiger partial charge in [-0.15, -0.1) is 0 Å². The first-order chi connectivity index (χ1) is 8.15. The molecule has 1 atom stereocenters. The number of likely N-dealkylation sites (N-methyl/N-ethyl adjacent to an activating group) is 2. The van der Waals surface area contributed by atoms with E-state index in [1.54, 1.807) is 0 Å². The highest BCUT2D eigenvalue weighted by atomic mass is 16.2. The lowest BCUT2D eigenvalue weighted by atomic mass is 9.79. The molecular formula is C14H28N2O. The Balaban J connectivity index is 2.28. The average Bonchev–Trinajstić information content (AvgIpc) is 2.36. The molecule has 1 fully saturated rings. The molecule has 0 aromatic carbocycles. The van der Waals surface area contributed by atoms with Gasteiger partial charge >= 0.3 is 0 Å². The lowest BCUT2D eigenvalue weighted by molar-refractivity contribution is -0.131. The minimum atomic E-state index is 0.304. The second kappa shape index (κ2) is 7.70. The van der Waals surface area contributed by atoms with Gasteiger partial charge in [-0.25, -0.2) is 0 Å². The molecule has 0 saturated heterocycles. The van der Waals surface area contributed by atoms with Crippen LogP contribution in [0.5, 0.6) is 0 Å². The van der Waals surface area contributed by atoms with Crippen molar-refractivity contribution in [2.75, 3.05) is 27.2 Å². The largest absolute Gasteiger partial charge is 0.344 e. The van der Waals surface area contributed by atoms with Gasteiger partial charge in [-0.05, 0) is 18.9 Å². The van der Waals surface area contributed by atoms with Crippen molar-refractivity contribution in [1.29, 1.82) is 0 Å². The maximum absolute atomic E-state index is 12.0. The Bertz CT molecular complexity index is 224. The van der Waals surface area contributed by atoms with Crippen molar-refractivity contribution in [2.24, 2.45) is 11.8 Å². The number of amides is 1. The van der Waals surface area contributed by atoms with Crippen LogP contribution in [-0.4, -0.2) is 38.0 Å². The summed E-state index contributed by atoms with van der Waals surface area (Å²) < 4.78 is 0. The Hall–Kier alpha value is -0.570. The summed E-state index contributed by atoms with van der Waals surface area (Å²) in [6.07, 6.45) is 7.49. The van der Waals surface area contributed by atoms with Gasteiger partial charge in [0.2, 0.25) is 5.91 Å². The molecule has 1 saturated carbocycles. The molecule has 0 spiro atoms. The predicted molar refractivity (Wildman–Crippen MR) is 71.9 cm³/mol. The molecule has 3 heteroatoms. The van der Waals surface area contributed by atoms with E-state index in [-0.39, 0.29) is 0 Å². The van der Waals surface area contributed by atoms with E-state index in [0.717, 1.165) is 25.4 Å². The average molecular weight is 240 g/mol. The van der Waals surface area contributed by atoms with E-state index in [2.05, 4.69) is 12.2 Å². The van der Waals surface area contributed by atoms with Crippen molar-refractivity contribution >= 4 is 5.91 Å². The zero-order valence-corrected chi connectivity index (χ0v) is 11.7. The summed E-state index contributed by atoms with van der Waals surface area (Å²) >= 11 is 0. The summed E-state index contributed by atoms with van der Waals surface area (Å²) in [4.78, 5) is 13.9. The van der Waals surface area contributed by atoms with Gasteiger partial charge in [0, 0.05) is 26.6 Å². The highest BCUT2D eigenvalue weighted by Crippen LogP contribution is 2.31. The number of rotatable bonds is 6. The van der Waals surface area contributed by atoms with Crippen LogP contribution in [0.1, 0.15) is 45.4 Å². The molecule has 0 aliphatic heterocycles. The topological polar surface area (TPSA) is 32.3 Å². The SMILES string of the molecule is CNCCN(C)C(=O)CC(C)C1CCCCC1. The van der Waals surface area contributed by atoms with E-state index < -0.39 is 0 Å². The fourth-order valence-electron chi connectivity index (χ4n) is 2.71. The Kier molecular flexibility index (Phi) is 6.56. The third kappa shape index (κ3) is 5.07. The van der Waals surface area contributed by atoms with Crippen molar-refractivity contribution in [2.45, 2.75) is 45.4 Å². The molecule has 3 nitrogen and oxygen atoms in total. The summed E-state index contributed by atoms with van der Waals surface area (Å²) in [6.45, 7) is 3.94. The summed E-state index contributed by atoms with van der Waals surface area (Å²) in [7, 11) is 3.83. The highest BCUT2D eigenvalue weighted by molar-refractivity contribution is 5.76. The number of carbonyl (C=O) groups is 1. The second-order valence-corrected chi connectivity index (χ2v) is 5.50. The number of nitrogens with zero attached hydrogens (tertiary/aromatic N) is 1. The van der Waals surface area contributed by atoms with Gasteiger partial charge in [-0.3, -0.25) is 4.79 Å². The molecule has 1 aliphatic carbocycles. The Morgan fingerprint density at radius 3 is 2.59 bits per heavy atom. The van der Waals surface area contributed by atoms with Crippen LogP contribution in [0, 0.1) is 11.8 Å². The van der Waals surface area contributed by atoms with E-state index in [4.69, 9.17) is 0 Å². The Morgan fingerprint density at radius 1 is 1.35 bits per heavy atom. The van der Waals surface area contributed by atoms with Gasteiger partial charge in [0.25, 0.3) is 0 Å². The molecule has 1 aliphatic rings. The minimum absolute atomic E-state index is 0.304. The third-order valence-corrected chi connectivity index (χ3v) is 4.07. The van der Waals surface area contributed by atoms with Crippen LogP contribution in [-0.2, 0) is 4.79 Å². The number of nitrogens with one attached hydrogen (secondary N) is 1. The molecule has 17 heavy (non-hydrogen) atoms. The number of hydrogen-bond donors (Lipinski definition) is 1. The van der Waals surface area contributed by atoms with E-state index in [1.807, 2.05) is 19.0 Å².